The van der Waals surface area contributed by atoms with Gasteiger partial charge in [-0.3, -0.25) is 9.59 Å². The van der Waals surface area contributed by atoms with Crippen molar-refractivity contribution in [3.63, 3.8) is 0 Å². The Morgan fingerprint density at radius 3 is 2.23 bits per heavy atom. The van der Waals surface area contributed by atoms with Crippen LogP contribution in [0.5, 0.6) is 0 Å². The lowest BCUT2D eigenvalue weighted by molar-refractivity contribution is -0.194. The predicted octanol–water partition coefficient (Wildman–Crippen LogP) is 4.45. The van der Waals surface area contributed by atoms with Gasteiger partial charge in [-0.15, -0.1) is 0 Å². The van der Waals surface area contributed by atoms with E-state index in [0.29, 0.717) is 12.8 Å². The summed E-state index contributed by atoms with van der Waals surface area (Å²) >= 11 is 6.48. The van der Waals surface area contributed by atoms with E-state index in [0.717, 1.165) is 31.5 Å². The molecule has 0 radical (unpaired) electrons. The molecule has 3 atom stereocenters. The lowest BCUT2D eigenvalue weighted by Crippen LogP contribution is -2.47. The van der Waals surface area contributed by atoms with Gasteiger partial charge in [-0.2, -0.15) is 18.4 Å². The number of hydrogen-bond acceptors (Lipinski definition) is 6. The Labute approximate surface area is 230 Å². The van der Waals surface area contributed by atoms with Gasteiger partial charge >= 0.3 is 6.18 Å². The Morgan fingerprint density at radius 1 is 1.05 bits per heavy atom. The molecule has 2 unspecified atom stereocenters. The van der Waals surface area contributed by atoms with Crippen molar-refractivity contribution in [1.29, 1.82) is 5.26 Å². The van der Waals surface area contributed by atoms with Gasteiger partial charge < -0.3 is 10.6 Å². The first kappa shape index (κ1) is 28.4. The minimum absolute atomic E-state index is 0.0239. The smallest absolute Gasteiger partial charge is 0.338 e. The molecule has 7 nitrogen and oxygen atoms in total. The Balaban J connectivity index is 1.43. The maximum Gasteiger partial charge on any atom is 0.401 e. The summed E-state index contributed by atoms with van der Waals surface area (Å²) in [6.07, 6.45) is -3.39. The highest BCUT2D eigenvalue weighted by Gasteiger charge is 2.69. The SMILES string of the molecule is N#CC1(NC(=O)C2CC(C(=O)C3(C(F)(F)F)CC3)C[C@H](S(=O)(=O)c3ccc(C4CCNCC4)cc3Cl)C2)CC1. The summed E-state index contributed by atoms with van der Waals surface area (Å²) in [5.74, 6) is -3.67. The largest absolute Gasteiger partial charge is 0.401 e. The Hall–Kier alpha value is -2.16. The topological polar surface area (TPSA) is 116 Å². The van der Waals surface area contributed by atoms with Crippen molar-refractivity contribution >= 4 is 33.1 Å². The van der Waals surface area contributed by atoms with Crippen LogP contribution in [0.1, 0.15) is 69.3 Å². The number of benzene rings is 1. The number of ketones is 1. The molecule has 1 aromatic carbocycles. The second kappa shape index (κ2) is 10.0. The predicted molar refractivity (Wildman–Crippen MR) is 137 cm³/mol. The fraction of sp³-hybridized carbons (Fsp3) is 0.667. The number of alkyl halides is 3. The number of amides is 1. The van der Waals surface area contributed by atoms with Crippen molar-refractivity contribution in [3.05, 3.63) is 28.8 Å². The highest BCUT2D eigenvalue weighted by Crippen LogP contribution is 2.60. The van der Waals surface area contributed by atoms with Crippen LogP contribution in [-0.2, 0) is 19.4 Å². The van der Waals surface area contributed by atoms with Gasteiger partial charge in [0.15, 0.2) is 15.6 Å². The normalized spacial score (nSPS) is 28.2. The summed E-state index contributed by atoms with van der Waals surface area (Å²) in [6, 6.07) is 6.81. The van der Waals surface area contributed by atoms with E-state index in [2.05, 4.69) is 10.6 Å². The fourth-order valence-electron chi connectivity index (χ4n) is 6.20. The molecule has 0 bridgehead atoms. The molecule has 12 heteroatoms. The van der Waals surface area contributed by atoms with E-state index in [1.807, 2.05) is 6.07 Å². The first-order valence-electron chi connectivity index (χ1n) is 13.4. The van der Waals surface area contributed by atoms with Crippen LogP contribution in [0.15, 0.2) is 23.1 Å². The Kier molecular flexibility index (Phi) is 7.30. The van der Waals surface area contributed by atoms with E-state index in [1.54, 1.807) is 12.1 Å². The number of nitriles is 1. The molecule has 212 valence electrons. The molecular weight excluding hydrogens is 555 g/mol. The molecule has 1 aliphatic heterocycles. The standard InChI is InChI=1S/C27H31ClF3N3O4S/c28-21-14-17(16-3-9-33-10-4-16)1-2-22(21)39(37,38)20-12-18(23(35)26(7-8-26)27(29,30)31)11-19(13-20)24(36)34-25(15-32)5-6-25/h1-2,14,16,18-20,33H,3-13H2,(H,34,36)/t18?,19?,20-/m0/s1. The minimum atomic E-state index is -4.74. The first-order valence-corrected chi connectivity index (χ1v) is 15.3. The summed E-state index contributed by atoms with van der Waals surface area (Å²) in [5, 5.41) is 14.0. The van der Waals surface area contributed by atoms with Crippen LogP contribution >= 0.6 is 11.6 Å². The molecule has 4 fully saturated rings. The van der Waals surface area contributed by atoms with Crippen molar-refractivity contribution in [2.45, 2.75) is 85.6 Å². The Bertz CT molecular complexity index is 1310. The summed E-state index contributed by atoms with van der Waals surface area (Å²) in [6.45, 7) is 1.69. The quantitative estimate of drug-likeness (QED) is 0.488. The summed E-state index contributed by atoms with van der Waals surface area (Å²) in [7, 11) is -4.19. The van der Waals surface area contributed by atoms with Gasteiger partial charge in [0.25, 0.3) is 0 Å². The molecule has 5 rings (SSSR count). The van der Waals surface area contributed by atoms with Gasteiger partial charge in [0.05, 0.1) is 21.2 Å². The summed E-state index contributed by atoms with van der Waals surface area (Å²) < 4.78 is 69.1. The molecule has 3 saturated carbocycles. The fourth-order valence-corrected chi connectivity index (χ4v) is 8.63. The minimum Gasteiger partial charge on any atom is -0.338 e. The number of piperidine rings is 1. The third-order valence-electron chi connectivity index (χ3n) is 9.01. The second-order valence-corrected chi connectivity index (χ2v) is 14.2. The van der Waals surface area contributed by atoms with Crippen molar-refractivity contribution < 1.29 is 31.2 Å². The van der Waals surface area contributed by atoms with E-state index in [9.17, 15) is 36.4 Å². The molecule has 0 spiro atoms. The monoisotopic (exact) mass is 585 g/mol. The molecule has 3 aliphatic carbocycles. The van der Waals surface area contributed by atoms with Gasteiger partial charge in [-0.1, -0.05) is 17.7 Å². The zero-order chi connectivity index (χ0) is 28.2. The highest BCUT2D eigenvalue weighted by molar-refractivity contribution is 7.92. The zero-order valence-corrected chi connectivity index (χ0v) is 22.9. The van der Waals surface area contributed by atoms with Gasteiger partial charge in [0, 0.05) is 11.8 Å². The summed E-state index contributed by atoms with van der Waals surface area (Å²) in [5.41, 5.74) is -2.58. The number of carbonyl (C=O) groups is 2. The zero-order valence-electron chi connectivity index (χ0n) is 21.3. The number of rotatable bonds is 7. The van der Waals surface area contributed by atoms with Gasteiger partial charge in [-0.25, -0.2) is 8.42 Å². The van der Waals surface area contributed by atoms with E-state index in [4.69, 9.17) is 11.6 Å². The number of sulfone groups is 1. The van der Waals surface area contributed by atoms with Crippen LogP contribution in [0.25, 0.3) is 0 Å². The van der Waals surface area contributed by atoms with E-state index >= 15 is 0 Å². The first-order chi connectivity index (χ1) is 18.3. The molecule has 2 N–H and O–H groups in total. The number of nitrogens with one attached hydrogen (secondary N) is 2. The van der Waals surface area contributed by atoms with Crippen molar-refractivity contribution in [1.82, 2.24) is 10.6 Å². The number of nitrogens with zero attached hydrogens (tertiary/aromatic N) is 1. The molecule has 1 saturated heterocycles. The van der Waals surface area contributed by atoms with Crippen LogP contribution in [0.3, 0.4) is 0 Å². The van der Waals surface area contributed by atoms with Crippen LogP contribution < -0.4 is 10.6 Å². The lowest BCUT2D eigenvalue weighted by atomic mass is 9.74. The van der Waals surface area contributed by atoms with E-state index in [1.165, 1.54) is 6.07 Å². The molecular formula is C27H31ClF3N3O4S. The average Bonchev–Trinajstić information content (AvgIpc) is 3.83. The highest BCUT2D eigenvalue weighted by atomic mass is 35.5. The van der Waals surface area contributed by atoms with E-state index < -0.39 is 55.7 Å². The number of hydrogen-bond donors (Lipinski definition) is 2. The molecule has 1 amide bonds. The van der Waals surface area contributed by atoms with Crippen molar-refractivity contribution in [2.24, 2.45) is 17.3 Å². The van der Waals surface area contributed by atoms with Crippen LogP contribution in [0.2, 0.25) is 5.02 Å². The van der Waals surface area contributed by atoms with Gasteiger partial charge in [0.1, 0.15) is 11.0 Å². The maximum absolute atomic E-state index is 13.8. The maximum atomic E-state index is 13.8. The van der Waals surface area contributed by atoms with Gasteiger partial charge in [0.2, 0.25) is 5.91 Å². The second-order valence-electron chi connectivity index (χ2n) is 11.6. The number of Topliss-reactive ketones (excluding diaryl/α,β-unsaturated/α-hetero) is 1. The third-order valence-corrected chi connectivity index (χ3v) is 11.7. The van der Waals surface area contributed by atoms with Crippen LogP contribution in [0.4, 0.5) is 13.2 Å². The van der Waals surface area contributed by atoms with Gasteiger partial charge in [-0.05, 0) is 94.5 Å². The molecule has 39 heavy (non-hydrogen) atoms. The van der Waals surface area contributed by atoms with Crippen LogP contribution in [-0.4, -0.2) is 50.2 Å². The lowest BCUT2D eigenvalue weighted by Gasteiger charge is -2.35. The molecule has 4 aliphatic rings. The molecule has 1 aromatic rings. The number of carbonyl (C=O) groups excluding carboxylic acids is 2. The van der Waals surface area contributed by atoms with Crippen molar-refractivity contribution in [3.8, 4) is 6.07 Å². The average molecular weight is 586 g/mol. The third kappa shape index (κ3) is 5.32. The molecule has 1 heterocycles. The van der Waals surface area contributed by atoms with Crippen molar-refractivity contribution in [2.75, 3.05) is 13.1 Å². The Morgan fingerprint density at radius 2 is 1.69 bits per heavy atom. The summed E-state index contributed by atoms with van der Waals surface area (Å²) in [4.78, 5) is 26.2. The van der Waals surface area contributed by atoms with Crippen LogP contribution in [0, 0.1) is 28.6 Å². The van der Waals surface area contributed by atoms with E-state index in [-0.39, 0.29) is 47.9 Å². The number of halogens is 4. The molecule has 0 aromatic heterocycles.